The second-order valence-corrected chi connectivity index (χ2v) is 4.47. The Labute approximate surface area is 124 Å². The maximum Gasteiger partial charge on any atom is 0.269 e. The summed E-state index contributed by atoms with van der Waals surface area (Å²) >= 11 is 0. The summed E-state index contributed by atoms with van der Waals surface area (Å²) in [6, 6.07) is 3.74. The molecular formula is C13H11N7O2. The third-order valence-electron chi connectivity index (χ3n) is 2.87. The van der Waals surface area contributed by atoms with Crippen molar-refractivity contribution in [3.63, 3.8) is 0 Å². The van der Waals surface area contributed by atoms with Gasteiger partial charge in [0.05, 0.1) is 11.9 Å². The molecule has 9 heteroatoms. The molecule has 0 saturated heterocycles. The van der Waals surface area contributed by atoms with Crippen LogP contribution >= 0.6 is 0 Å². The number of H-pyrrole nitrogens is 1. The molecule has 0 fully saturated rings. The van der Waals surface area contributed by atoms with Crippen LogP contribution in [0.2, 0.25) is 0 Å². The van der Waals surface area contributed by atoms with E-state index < -0.39 is 11.6 Å². The molecule has 3 heterocycles. The Morgan fingerprint density at radius 3 is 2.77 bits per heavy atom. The van der Waals surface area contributed by atoms with Gasteiger partial charge in [-0.2, -0.15) is 15.0 Å². The summed E-state index contributed by atoms with van der Waals surface area (Å²) in [4.78, 5) is 32.3. The number of hydrogen-bond acceptors (Lipinski definition) is 7. The van der Waals surface area contributed by atoms with E-state index in [1.54, 1.807) is 18.6 Å². The lowest BCUT2D eigenvalue weighted by Gasteiger charge is -1.97. The van der Waals surface area contributed by atoms with E-state index in [0.717, 1.165) is 5.56 Å². The lowest BCUT2D eigenvalue weighted by Crippen LogP contribution is -2.22. The van der Waals surface area contributed by atoms with Gasteiger partial charge < -0.3 is 0 Å². The quantitative estimate of drug-likeness (QED) is 0.495. The summed E-state index contributed by atoms with van der Waals surface area (Å²) < 4.78 is 0. The zero-order chi connectivity index (χ0) is 15.4. The van der Waals surface area contributed by atoms with Crippen LogP contribution < -0.4 is 0 Å². The monoisotopic (exact) mass is 297 g/mol. The smallest absolute Gasteiger partial charge is 0.269 e. The van der Waals surface area contributed by atoms with Crippen molar-refractivity contribution >= 4 is 11.6 Å². The largest absolute Gasteiger partial charge is 0.288 e. The molecule has 0 amide bonds. The SMILES string of the molecule is O=C(Cn1ncc(Cc2ccncc2)n1)C(=O)c1nc[nH]n1. The topological polar surface area (TPSA) is 119 Å². The predicted octanol–water partition coefficient (Wildman–Crippen LogP) is -0.166. The minimum absolute atomic E-state index is 0.158. The highest BCUT2D eigenvalue weighted by Crippen LogP contribution is 2.04. The van der Waals surface area contributed by atoms with E-state index in [1.807, 2.05) is 12.1 Å². The van der Waals surface area contributed by atoms with Gasteiger partial charge in [0.15, 0.2) is 0 Å². The standard InChI is InChI=1S/C13H11N7O2/c21-11(12(22)13-15-8-16-18-13)7-20-17-6-10(19-20)5-9-1-3-14-4-2-9/h1-4,6,8H,5,7H2,(H,15,16,18). The number of nitrogens with one attached hydrogen (secondary N) is 1. The fourth-order valence-corrected chi connectivity index (χ4v) is 1.84. The summed E-state index contributed by atoms with van der Waals surface area (Å²) in [5.41, 5.74) is 1.73. The molecule has 0 aliphatic carbocycles. The highest BCUT2D eigenvalue weighted by atomic mass is 16.2. The summed E-state index contributed by atoms with van der Waals surface area (Å²) in [5, 5.41) is 14.1. The third-order valence-corrected chi connectivity index (χ3v) is 2.87. The van der Waals surface area contributed by atoms with E-state index in [9.17, 15) is 9.59 Å². The van der Waals surface area contributed by atoms with Crippen LogP contribution in [0.15, 0.2) is 37.1 Å². The van der Waals surface area contributed by atoms with Crippen molar-refractivity contribution in [2.24, 2.45) is 0 Å². The average Bonchev–Trinajstić information content (AvgIpc) is 3.19. The first kappa shape index (κ1) is 13.7. The van der Waals surface area contributed by atoms with Gasteiger partial charge in [-0.1, -0.05) is 0 Å². The number of Topliss-reactive ketones (excluding diaryl/α,β-unsaturated/α-hetero) is 2. The zero-order valence-corrected chi connectivity index (χ0v) is 11.4. The van der Waals surface area contributed by atoms with Crippen LogP contribution in [0.1, 0.15) is 21.9 Å². The Morgan fingerprint density at radius 1 is 1.23 bits per heavy atom. The van der Waals surface area contributed by atoms with Crippen LogP contribution in [0.4, 0.5) is 0 Å². The second-order valence-electron chi connectivity index (χ2n) is 4.47. The van der Waals surface area contributed by atoms with E-state index in [-0.39, 0.29) is 12.4 Å². The van der Waals surface area contributed by atoms with Crippen molar-refractivity contribution in [2.45, 2.75) is 13.0 Å². The average molecular weight is 297 g/mol. The molecule has 0 unspecified atom stereocenters. The number of pyridine rings is 1. The van der Waals surface area contributed by atoms with Crippen molar-refractivity contribution < 1.29 is 9.59 Å². The van der Waals surface area contributed by atoms with Gasteiger partial charge in [-0.15, -0.1) is 5.10 Å². The van der Waals surface area contributed by atoms with Gasteiger partial charge in [-0.3, -0.25) is 19.7 Å². The van der Waals surface area contributed by atoms with Gasteiger partial charge in [0.2, 0.25) is 11.6 Å². The minimum Gasteiger partial charge on any atom is -0.288 e. The number of carbonyl (C=O) groups excluding carboxylic acids is 2. The van der Waals surface area contributed by atoms with Gasteiger partial charge in [0, 0.05) is 18.8 Å². The van der Waals surface area contributed by atoms with Gasteiger partial charge in [-0.05, 0) is 17.7 Å². The lowest BCUT2D eigenvalue weighted by molar-refractivity contribution is -0.116. The number of ketones is 2. The molecule has 0 saturated carbocycles. The molecule has 9 nitrogen and oxygen atoms in total. The molecule has 110 valence electrons. The Morgan fingerprint density at radius 2 is 2.05 bits per heavy atom. The van der Waals surface area contributed by atoms with Crippen LogP contribution in [-0.2, 0) is 17.8 Å². The number of hydrogen-bond donors (Lipinski definition) is 1. The molecule has 0 radical (unpaired) electrons. The molecule has 3 aromatic rings. The zero-order valence-electron chi connectivity index (χ0n) is 11.4. The summed E-state index contributed by atoms with van der Waals surface area (Å²) in [7, 11) is 0. The maximum atomic E-state index is 11.8. The van der Waals surface area contributed by atoms with Gasteiger partial charge in [0.1, 0.15) is 12.9 Å². The molecule has 0 aliphatic rings. The van der Waals surface area contributed by atoms with Crippen molar-refractivity contribution in [1.82, 2.24) is 35.2 Å². The van der Waals surface area contributed by atoms with E-state index in [0.29, 0.717) is 12.1 Å². The van der Waals surface area contributed by atoms with Crippen molar-refractivity contribution in [1.29, 1.82) is 0 Å². The van der Waals surface area contributed by atoms with Crippen molar-refractivity contribution in [3.05, 3.63) is 54.1 Å². The predicted molar refractivity (Wildman–Crippen MR) is 72.8 cm³/mol. The highest BCUT2D eigenvalue weighted by Gasteiger charge is 2.20. The molecule has 0 aliphatic heterocycles. The van der Waals surface area contributed by atoms with E-state index in [2.05, 4.69) is 30.4 Å². The van der Waals surface area contributed by atoms with E-state index in [4.69, 9.17) is 0 Å². The van der Waals surface area contributed by atoms with Crippen LogP contribution in [0.25, 0.3) is 0 Å². The molecule has 3 rings (SSSR count). The minimum atomic E-state index is -0.769. The number of rotatable bonds is 6. The van der Waals surface area contributed by atoms with E-state index in [1.165, 1.54) is 11.1 Å². The van der Waals surface area contributed by atoms with Crippen LogP contribution in [0.5, 0.6) is 0 Å². The van der Waals surface area contributed by atoms with Gasteiger partial charge >= 0.3 is 0 Å². The Hall–Kier alpha value is -3.23. The molecule has 0 atom stereocenters. The Kier molecular flexibility index (Phi) is 3.77. The number of aromatic amines is 1. The first-order chi connectivity index (χ1) is 10.7. The van der Waals surface area contributed by atoms with Crippen LogP contribution in [0, 0.1) is 0 Å². The second kappa shape index (κ2) is 6.04. The number of nitrogens with zero attached hydrogens (tertiary/aromatic N) is 6. The summed E-state index contributed by atoms with van der Waals surface area (Å²) in [6.45, 7) is -0.246. The third kappa shape index (κ3) is 3.08. The first-order valence-electron chi connectivity index (χ1n) is 6.43. The molecule has 0 bridgehead atoms. The molecule has 3 aromatic heterocycles. The molecule has 0 spiro atoms. The highest BCUT2D eigenvalue weighted by molar-refractivity contribution is 6.42. The summed E-state index contributed by atoms with van der Waals surface area (Å²) in [6.07, 6.45) is 6.76. The Balaban J connectivity index is 1.64. The van der Waals surface area contributed by atoms with Gasteiger partial charge in [-0.25, -0.2) is 4.98 Å². The fourth-order valence-electron chi connectivity index (χ4n) is 1.84. The first-order valence-corrected chi connectivity index (χ1v) is 6.43. The van der Waals surface area contributed by atoms with Crippen LogP contribution in [-0.4, -0.2) is 46.7 Å². The molecule has 1 N–H and O–H groups in total. The number of carbonyl (C=O) groups is 2. The fraction of sp³-hybridized carbons (Fsp3) is 0.154. The normalized spacial score (nSPS) is 10.5. The Bertz CT molecular complexity index is 780. The number of aromatic nitrogens is 7. The van der Waals surface area contributed by atoms with E-state index >= 15 is 0 Å². The van der Waals surface area contributed by atoms with Crippen molar-refractivity contribution in [2.75, 3.05) is 0 Å². The molecular weight excluding hydrogens is 286 g/mol. The lowest BCUT2D eigenvalue weighted by atomic mass is 10.2. The molecule has 22 heavy (non-hydrogen) atoms. The molecule has 0 aromatic carbocycles. The maximum absolute atomic E-state index is 11.8. The van der Waals surface area contributed by atoms with Crippen molar-refractivity contribution in [3.8, 4) is 0 Å². The van der Waals surface area contributed by atoms with Gasteiger partial charge in [0.25, 0.3) is 5.78 Å². The summed E-state index contributed by atoms with van der Waals surface area (Å²) in [5.74, 6) is -1.60. The van der Waals surface area contributed by atoms with Crippen LogP contribution in [0.3, 0.4) is 0 Å².